The zero-order valence-electron chi connectivity index (χ0n) is 10.4. The number of nitrogens with zero attached hydrogens (tertiary/aromatic N) is 1. The van der Waals surface area contributed by atoms with Crippen molar-refractivity contribution in [3.8, 4) is 0 Å². The molecule has 0 aliphatic carbocycles. The summed E-state index contributed by atoms with van der Waals surface area (Å²) in [5, 5.41) is 0. The standard InChI is InChI=1S/C7H10FN2O6P.2Li/c8-5-3-10(7(12)9-6(5)11)1-2-16-4-17(13,14)15;;/h3H,1-2,4H2,(H,9,11,12)(H2,13,14,15);;/q;2*+1/p-2. The number of hydrogen-bond acceptors (Lipinski definition) is 6. The van der Waals surface area contributed by atoms with Crippen LogP contribution in [0.1, 0.15) is 0 Å². The summed E-state index contributed by atoms with van der Waals surface area (Å²) >= 11 is 0. The fraction of sp³-hybridized carbons (Fsp3) is 0.429. The van der Waals surface area contributed by atoms with Gasteiger partial charge in [0.2, 0.25) is 5.82 Å². The molecule has 0 fully saturated rings. The Balaban J connectivity index is 0. The molecule has 1 rings (SSSR count). The average Bonchev–Trinajstić information content (AvgIpc) is 2.18. The van der Waals surface area contributed by atoms with Gasteiger partial charge in [-0.3, -0.25) is 14.3 Å². The Morgan fingerprint density at radius 3 is 2.47 bits per heavy atom. The summed E-state index contributed by atoms with van der Waals surface area (Å²) in [7, 11) is -4.76. The number of aromatic amines is 1. The number of ether oxygens (including phenoxy) is 1. The van der Waals surface area contributed by atoms with Gasteiger partial charge in [0.05, 0.1) is 25.7 Å². The average molecular weight is 280 g/mol. The molecule has 0 saturated carbocycles. The molecule has 0 atom stereocenters. The van der Waals surface area contributed by atoms with Crippen molar-refractivity contribution in [2.24, 2.45) is 0 Å². The molecule has 0 aliphatic heterocycles. The van der Waals surface area contributed by atoms with Crippen molar-refractivity contribution in [2.75, 3.05) is 13.0 Å². The molecule has 1 heterocycles. The molecule has 8 nitrogen and oxygen atoms in total. The molecule has 0 aromatic carbocycles. The van der Waals surface area contributed by atoms with Gasteiger partial charge in [-0.1, -0.05) is 0 Å². The Morgan fingerprint density at radius 2 is 1.95 bits per heavy atom. The molecule has 96 valence electrons. The van der Waals surface area contributed by atoms with Gasteiger partial charge in [0.25, 0.3) is 5.56 Å². The minimum atomic E-state index is -4.76. The summed E-state index contributed by atoms with van der Waals surface area (Å²) < 4.78 is 28.2. The van der Waals surface area contributed by atoms with E-state index in [0.717, 1.165) is 4.57 Å². The molecule has 12 heteroatoms. The van der Waals surface area contributed by atoms with Crippen LogP contribution in [0, 0.1) is 5.82 Å². The van der Waals surface area contributed by atoms with Crippen LogP contribution in [0.15, 0.2) is 15.8 Å². The predicted octanol–water partition coefficient (Wildman–Crippen LogP) is -8.43. The van der Waals surface area contributed by atoms with Gasteiger partial charge in [0, 0.05) is 0 Å². The summed E-state index contributed by atoms with van der Waals surface area (Å²) in [5.74, 6) is -1.15. The van der Waals surface area contributed by atoms with Crippen LogP contribution in [-0.2, 0) is 15.8 Å². The van der Waals surface area contributed by atoms with Crippen molar-refractivity contribution in [3.05, 3.63) is 32.9 Å². The molecule has 1 aromatic heterocycles. The van der Waals surface area contributed by atoms with E-state index in [9.17, 15) is 28.3 Å². The van der Waals surface area contributed by atoms with Crippen molar-refractivity contribution in [2.45, 2.75) is 6.54 Å². The molecule has 0 saturated heterocycles. The maximum Gasteiger partial charge on any atom is 1.00 e. The van der Waals surface area contributed by atoms with Crippen LogP contribution in [0.4, 0.5) is 4.39 Å². The molecule has 0 spiro atoms. The zero-order chi connectivity index (χ0) is 13.1. The zero-order valence-corrected chi connectivity index (χ0v) is 11.3. The number of nitrogens with one attached hydrogen (secondary N) is 1. The maximum atomic E-state index is 12.8. The summed E-state index contributed by atoms with van der Waals surface area (Å²) in [6.07, 6.45) is -0.341. The van der Waals surface area contributed by atoms with Crippen LogP contribution in [0.5, 0.6) is 0 Å². The Morgan fingerprint density at radius 1 is 1.37 bits per heavy atom. The second-order valence-electron chi connectivity index (χ2n) is 3.08. The Kier molecular flexibility index (Phi) is 10.0. The van der Waals surface area contributed by atoms with E-state index < -0.39 is 31.0 Å². The molecular formula is C7H8FLi2N2O6P. The number of H-pyrrole nitrogens is 1. The van der Waals surface area contributed by atoms with Crippen molar-refractivity contribution in [1.29, 1.82) is 0 Å². The molecule has 0 aliphatic rings. The van der Waals surface area contributed by atoms with Gasteiger partial charge in [-0.2, -0.15) is 4.39 Å². The van der Waals surface area contributed by atoms with Crippen LogP contribution in [0.2, 0.25) is 0 Å². The van der Waals surface area contributed by atoms with E-state index in [4.69, 9.17) is 0 Å². The Bertz CT molecular complexity index is 555. The molecule has 1 N–H and O–H groups in total. The van der Waals surface area contributed by atoms with Gasteiger partial charge in [-0.15, -0.1) is 0 Å². The SMILES string of the molecule is O=c1[nH]c(=O)n(CCOCP(=O)([O-])[O-])cc1F.[Li+].[Li+]. The fourth-order valence-electron chi connectivity index (χ4n) is 0.988. The van der Waals surface area contributed by atoms with Crippen LogP contribution >= 0.6 is 7.60 Å². The molecule has 0 unspecified atom stereocenters. The quantitative estimate of drug-likeness (QED) is 0.324. The second kappa shape index (κ2) is 8.96. The first-order valence-electron chi connectivity index (χ1n) is 4.38. The Labute approximate surface area is 130 Å². The molecule has 1 aromatic rings. The van der Waals surface area contributed by atoms with Crippen LogP contribution in [-0.4, -0.2) is 22.5 Å². The summed E-state index contributed by atoms with van der Waals surface area (Å²) in [4.78, 5) is 43.8. The molecule has 0 amide bonds. The van der Waals surface area contributed by atoms with Crippen molar-refractivity contribution in [3.63, 3.8) is 0 Å². The van der Waals surface area contributed by atoms with Crippen molar-refractivity contribution >= 4 is 7.60 Å². The van der Waals surface area contributed by atoms with Crippen LogP contribution < -0.4 is 58.8 Å². The topological polar surface area (TPSA) is 127 Å². The van der Waals surface area contributed by atoms with E-state index in [-0.39, 0.29) is 50.9 Å². The van der Waals surface area contributed by atoms with Crippen molar-refractivity contribution < 1.29 is 61.2 Å². The predicted molar refractivity (Wildman–Crippen MR) is 49.7 cm³/mol. The van der Waals surface area contributed by atoms with Gasteiger partial charge in [0.1, 0.15) is 0 Å². The monoisotopic (exact) mass is 280 g/mol. The third-order valence-corrected chi connectivity index (χ3v) is 2.19. The van der Waals surface area contributed by atoms with E-state index in [1.54, 1.807) is 4.98 Å². The normalized spacial score (nSPS) is 10.5. The van der Waals surface area contributed by atoms with Crippen LogP contribution in [0.3, 0.4) is 0 Å². The maximum absolute atomic E-state index is 12.8. The second-order valence-corrected chi connectivity index (χ2v) is 4.56. The fourth-order valence-corrected chi connectivity index (χ4v) is 1.34. The first kappa shape index (κ1) is 21.2. The van der Waals surface area contributed by atoms with Gasteiger partial charge < -0.3 is 19.1 Å². The minimum absolute atomic E-state index is 0. The van der Waals surface area contributed by atoms with E-state index in [0.29, 0.717) is 6.20 Å². The van der Waals surface area contributed by atoms with E-state index in [2.05, 4.69) is 4.74 Å². The largest absolute Gasteiger partial charge is 1.00 e. The van der Waals surface area contributed by atoms with Crippen LogP contribution in [0.25, 0.3) is 0 Å². The van der Waals surface area contributed by atoms with Gasteiger partial charge in [0.15, 0.2) is 0 Å². The third kappa shape index (κ3) is 7.93. The third-order valence-electron chi connectivity index (χ3n) is 1.69. The number of rotatable bonds is 5. The minimum Gasteiger partial charge on any atom is -0.809 e. The summed E-state index contributed by atoms with van der Waals surface area (Å²) in [6.45, 7) is -0.466. The Hall–Kier alpha value is -0.0852. The van der Waals surface area contributed by atoms with Gasteiger partial charge >= 0.3 is 43.4 Å². The van der Waals surface area contributed by atoms with E-state index in [1.807, 2.05) is 0 Å². The summed E-state index contributed by atoms with van der Waals surface area (Å²) in [5.41, 5.74) is -2.00. The molecule has 19 heavy (non-hydrogen) atoms. The summed E-state index contributed by atoms with van der Waals surface area (Å²) in [6, 6.07) is 0. The number of aromatic nitrogens is 2. The van der Waals surface area contributed by atoms with Gasteiger partial charge in [-0.25, -0.2) is 4.79 Å². The van der Waals surface area contributed by atoms with E-state index >= 15 is 0 Å². The van der Waals surface area contributed by atoms with Crippen molar-refractivity contribution in [1.82, 2.24) is 9.55 Å². The molecule has 0 radical (unpaired) electrons. The number of halogens is 1. The molecular weight excluding hydrogens is 272 g/mol. The van der Waals surface area contributed by atoms with E-state index in [1.165, 1.54) is 0 Å². The number of hydrogen-bond donors (Lipinski definition) is 1. The van der Waals surface area contributed by atoms with Gasteiger partial charge in [-0.05, 0) is 7.60 Å². The molecule has 0 bridgehead atoms. The smallest absolute Gasteiger partial charge is 0.809 e. The first-order chi connectivity index (χ1) is 7.79. The first-order valence-corrected chi connectivity index (χ1v) is 6.10.